The molecule has 1 aromatic carbocycles. The van der Waals surface area contributed by atoms with Gasteiger partial charge in [-0.15, -0.1) is 0 Å². The number of rotatable bonds is 2. The second-order valence-corrected chi connectivity index (χ2v) is 4.72. The second-order valence-electron chi connectivity index (χ2n) is 3.95. The number of hydrogen-bond donors (Lipinski definition) is 2. The number of amides is 1. The van der Waals surface area contributed by atoms with Gasteiger partial charge in [0.15, 0.2) is 0 Å². The van der Waals surface area contributed by atoms with Gasteiger partial charge in [0.2, 0.25) is 0 Å². The maximum Gasteiger partial charge on any atom is 0.255 e. The quantitative estimate of drug-likeness (QED) is 0.832. The lowest BCUT2D eigenvalue weighted by Crippen LogP contribution is -2.12. The van der Waals surface area contributed by atoms with Crippen LogP contribution in [0, 0.1) is 6.92 Å². The predicted molar refractivity (Wildman–Crippen MR) is 75.1 cm³/mol. The summed E-state index contributed by atoms with van der Waals surface area (Å²) in [5, 5.41) is 12.5. The Morgan fingerprint density at radius 3 is 2.68 bits per heavy atom. The number of aromatic nitrogens is 1. The Bertz CT molecular complexity index is 645. The van der Waals surface area contributed by atoms with Gasteiger partial charge in [0.25, 0.3) is 5.91 Å². The van der Waals surface area contributed by atoms with Gasteiger partial charge in [0, 0.05) is 5.56 Å². The number of nitrogens with zero attached hydrogens (tertiary/aromatic N) is 1. The van der Waals surface area contributed by atoms with Crippen LogP contribution < -0.4 is 5.32 Å². The molecule has 0 saturated carbocycles. The van der Waals surface area contributed by atoms with Crippen molar-refractivity contribution in [3.8, 4) is 5.75 Å². The number of nitrogens with one attached hydrogen (secondary N) is 1. The molecule has 0 fully saturated rings. The fourth-order valence-electron chi connectivity index (χ4n) is 1.48. The van der Waals surface area contributed by atoms with Gasteiger partial charge in [-0.2, -0.15) is 0 Å². The molecule has 0 atom stereocenters. The molecule has 2 rings (SSSR count). The molecule has 98 valence electrons. The number of anilines is 1. The summed E-state index contributed by atoms with van der Waals surface area (Å²) in [6.07, 6.45) is 1.47. The first-order valence-corrected chi connectivity index (χ1v) is 6.15. The van der Waals surface area contributed by atoms with Crippen LogP contribution in [0.5, 0.6) is 5.75 Å². The van der Waals surface area contributed by atoms with E-state index in [9.17, 15) is 9.90 Å². The Morgan fingerprint density at radius 1 is 1.32 bits per heavy atom. The van der Waals surface area contributed by atoms with Crippen LogP contribution in [0.1, 0.15) is 15.9 Å². The van der Waals surface area contributed by atoms with E-state index in [-0.39, 0.29) is 16.7 Å². The van der Waals surface area contributed by atoms with E-state index < -0.39 is 0 Å². The molecule has 1 heterocycles. The average molecular weight is 297 g/mol. The van der Waals surface area contributed by atoms with Crippen molar-refractivity contribution in [1.29, 1.82) is 0 Å². The Labute approximate surface area is 120 Å². The van der Waals surface area contributed by atoms with Crippen LogP contribution in [-0.4, -0.2) is 16.0 Å². The summed E-state index contributed by atoms with van der Waals surface area (Å²) in [4.78, 5) is 15.9. The van der Waals surface area contributed by atoms with Crippen LogP contribution in [-0.2, 0) is 0 Å². The van der Waals surface area contributed by atoms with Crippen LogP contribution in [0.2, 0.25) is 10.2 Å². The summed E-state index contributed by atoms with van der Waals surface area (Å²) in [5.74, 6) is -0.410. The summed E-state index contributed by atoms with van der Waals surface area (Å²) in [6.45, 7) is 1.79. The van der Waals surface area contributed by atoms with E-state index in [1.807, 2.05) is 0 Å². The van der Waals surface area contributed by atoms with E-state index in [2.05, 4.69) is 10.3 Å². The lowest BCUT2D eigenvalue weighted by molar-refractivity contribution is 0.102. The maximum atomic E-state index is 12.0. The van der Waals surface area contributed by atoms with Crippen molar-refractivity contribution in [3.63, 3.8) is 0 Å². The molecule has 2 aromatic rings. The lowest BCUT2D eigenvalue weighted by atomic mass is 10.2. The average Bonchev–Trinajstić information content (AvgIpc) is 2.37. The topological polar surface area (TPSA) is 62.2 Å². The summed E-state index contributed by atoms with van der Waals surface area (Å²) in [7, 11) is 0. The molecule has 6 heteroatoms. The largest absolute Gasteiger partial charge is 0.506 e. The van der Waals surface area contributed by atoms with Crippen molar-refractivity contribution in [2.24, 2.45) is 0 Å². The van der Waals surface area contributed by atoms with Gasteiger partial charge in [0.1, 0.15) is 10.9 Å². The van der Waals surface area contributed by atoms with Crippen LogP contribution in [0.15, 0.2) is 30.5 Å². The van der Waals surface area contributed by atoms with Crippen LogP contribution in [0.4, 0.5) is 5.69 Å². The molecule has 0 spiro atoms. The van der Waals surface area contributed by atoms with Crippen LogP contribution in [0.3, 0.4) is 0 Å². The van der Waals surface area contributed by atoms with Gasteiger partial charge in [-0.25, -0.2) is 4.98 Å². The Hall–Kier alpha value is -1.78. The number of phenols is 1. The zero-order chi connectivity index (χ0) is 14.0. The molecule has 19 heavy (non-hydrogen) atoms. The minimum Gasteiger partial charge on any atom is -0.506 e. The van der Waals surface area contributed by atoms with Gasteiger partial charge in [-0.3, -0.25) is 4.79 Å². The Kier molecular flexibility index (Phi) is 3.93. The highest BCUT2D eigenvalue weighted by molar-refractivity contribution is 6.32. The highest BCUT2D eigenvalue weighted by atomic mass is 35.5. The number of phenolic OH excluding ortho intramolecular Hbond substituents is 1. The van der Waals surface area contributed by atoms with Crippen LogP contribution >= 0.6 is 23.2 Å². The summed E-state index contributed by atoms with van der Waals surface area (Å²) >= 11 is 11.6. The van der Waals surface area contributed by atoms with E-state index in [0.29, 0.717) is 16.4 Å². The fraction of sp³-hybridized carbons (Fsp3) is 0.0769. The zero-order valence-corrected chi connectivity index (χ0v) is 11.5. The van der Waals surface area contributed by atoms with E-state index in [1.165, 1.54) is 24.4 Å². The molecule has 0 aliphatic carbocycles. The molecular formula is C13H10Cl2N2O2. The van der Waals surface area contributed by atoms with Crippen molar-refractivity contribution < 1.29 is 9.90 Å². The maximum absolute atomic E-state index is 12.0. The molecule has 1 aromatic heterocycles. The predicted octanol–water partition coefficient (Wildman–Crippen LogP) is 3.65. The number of halogens is 2. The molecule has 0 saturated heterocycles. The summed E-state index contributed by atoms with van der Waals surface area (Å²) < 4.78 is 0. The number of aromatic hydroxyl groups is 1. The second kappa shape index (κ2) is 5.47. The SMILES string of the molecule is Cc1cc(NC(=O)c2ccc(O)c(Cl)c2)cnc1Cl. The molecule has 0 radical (unpaired) electrons. The van der Waals surface area contributed by atoms with Crippen molar-refractivity contribution in [2.45, 2.75) is 6.92 Å². The third-order valence-corrected chi connectivity index (χ3v) is 3.18. The first kappa shape index (κ1) is 13.6. The molecule has 0 aliphatic heterocycles. The molecule has 0 bridgehead atoms. The minimum atomic E-state index is -0.342. The van der Waals surface area contributed by atoms with Gasteiger partial charge >= 0.3 is 0 Å². The Morgan fingerprint density at radius 2 is 2.05 bits per heavy atom. The third kappa shape index (κ3) is 3.16. The number of carbonyl (C=O) groups is 1. The van der Waals surface area contributed by atoms with Crippen molar-refractivity contribution in [2.75, 3.05) is 5.32 Å². The van der Waals surface area contributed by atoms with Crippen molar-refractivity contribution in [3.05, 3.63) is 51.8 Å². The first-order chi connectivity index (χ1) is 8.97. The Balaban J connectivity index is 2.20. The van der Waals surface area contributed by atoms with Gasteiger partial charge < -0.3 is 10.4 Å². The normalized spacial score (nSPS) is 10.3. The van der Waals surface area contributed by atoms with E-state index in [4.69, 9.17) is 23.2 Å². The first-order valence-electron chi connectivity index (χ1n) is 5.39. The highest BCUT2D eigenvalue weighted by Crippen LogP contribution is 2.24. The van der Waals surface area contributed by atoms with Crippen molar-refractivity contribution >= 4 is 34.8 Å². The van der Waals surface area contributed by atoms with Crippen LogP contribution in [0.25, 0.3) is 0 Å². The third-order valence-electron chi connectivity index (χ3n) is 2.48. The van der Waals surface area contributed by atoms with Gasteiger partial charge in [0.05, 0.1) is 16.9 Å². The molecule has 4 nitrogen and oxygen atoms in total. The number of benzene rings is 1. The smallest absolute Gasteiger partial charge is 0.255 e. The lowest BCUT2D eigenvalue weighted by Gasteiger charge is -2.07. The molecule has 0 unspecified atom stereocenters. The minimum absolute atomic E-state index is 0.0674. The number of pyridine rings is 1. The fourth-order valence-corrected chi connectivity index (χ4v) is 1.76. The standard InChI is InChI=1S/C13H10Cl2N2O2/c1-7-4-9(6-16-12(7)15)17-13(19)8-2-3-11(18)10(14)5-8/h2-6,18H,1H3,(H,17,19). The summed E-state index contributed by atoms with van der Waals surface area (Å²) in [5.41, 5.74) is 1.65. The summed E-state index contributed by atoms with van der Waals surface area (Å²) in [6, 6.07) is 5.95. The monoisotopic (exact) mass is 296 g/mol. The number of hydrogen-bond acceptors (Lipinski definition) is 3. The molecule has 2 N–H and O–H groups in total. The molecule has 1 amide bonds. The molecular weight excluding hydrogens is 287 g/mol. The van der Waals surface area contributed by atoms with Gasteiger partial charge in [-0.1, -0.05) is 23.2 Å². The van der Waals surface area contributed by atoms with E-state index >= 15 is 0 Å². The number of aryl methyl sites for hydroxylation is 1. The highest BCUT2D eigenvalue weighted by Gasteiger charge is 2.09. The van der Waals surface area contributed by atoms with Gasteiger partial charge in [-0.05, 0) is 36.8 Å². The zero-order valence-electron chi connectivity index (χ0n) is 9.95. The van der Waals surface area contributed by atoms with E-state index in [0.717, 1.165) is 5.56 Å². The number of carbonyl (C=O) groups excluding carboxylic acids is 1. The van der Waals surface area contributed by atoms with E-state index in [1.54, 1.807) is 13.0 Å². The molecule has 0 aliphatic rings. The van der Waals surface area contributed by atoms with Crippen molar-refractivity contribution in [1.82, 2.24) is 4.98 Å².